The second kappa shape index (κ2) is 53.0. The molecule has 0 aliphatic carbocycles. The highest BCUT2D eigenvalue weighted by Gasteiger charge is 2.48. The topological polar surface area (TPSA) is 564 Å². The Morgan fingerprint density at radius 3 is 1.20 bits per heavy atom. The van der Waals surface area contributed by atoms with Crippen LogP contribution in [0.4, 0.5) is 0 Å². The van der Waals surface area contributed by atoms with Gasteiger partial charge in [0.2, 0.25) is 41.4 Å². The number of ether oxygens (including phenoxy) is 9. The van der Waals surface area contributed by atoms with Gasteiger partial charge < -0.3 is 135 Å². The van der Waals surface area contributed by atoms with Gasteiger partial charge in [-0.15, -0.1) is 0 Å². The molecule has 3 rings (SSSR count). The average Bonchev–Trinajstić information content (AvgIpc) is 0.813. The van der Waals surface area contributed by atoms with Gasteiger partial charge in [-0.1, -0.05) is 5.11 Å². The standard InChI is InChI=1S/C65H115N11O27/c1-41(80)32-44-56(89)58(91)46(34-77)101-62(44)98-27-7-4-14-49(83)68-21-11-20-67-40-97-39-65(75-54(88)17-10-26-73-76-66,37-95-30-18-52(86)71-24-12-22-69-50(84)15-5-8-28-99-63-45(33-42(2)81)57(90)59(92)47(35-78)102-63)38-96-31-19-53(87)72-25-13-23-70-51(85)16-6-9-29-100-64-55(74-43(3)82)61(94)60(93)48(36-79)103-64/h44-48,55-64,67,77-79,89-94H,4-40H2,1-3H3,(H,68,83)(H,69,84)(H,70,85)(H,71,86)(H,72,87)(H,74,82)(H,75,88)/t44-,45-,46-,47-,48-,55-,56-,57-,58+,59+,60+,61-,62-,63-,64-,65?/m1/s1. The number of unbranched alkanes of at least 4 members (excludes halogenated alkanes) is 3. The lowest BCUT2D eigenvalue weighted by Gasteiger charge is -2.42. The molecule has 0 spiro atoms. The molecular formula is C65H115N11O27. The minimum absolute atomic E-state index is 0.0380. The molecule has 1 unspecified atom stereocenters. The normalized spacial score (nSPS) is 25.3. The number of rotatable bonds is 57. The Balaban J connectivity index is 1.48. The van der Waals surface area contributed by atoms with Crippen LogP contribution >= 0.6 is 0 Å². The molecule has 16 atom stereocenters. The minimum Gasteiger partial charge on any atom is -0.394 e. The molecule has 3 saturated heterocycles. The summed E-state index contributed by atoms with van der Waals surface area (Å²) < 4.78 is 52.0. The maximum Gasteiger partial charge on any atom is 0.222 e. The van der Waals surface area contributed by atoms with Gasteiger partial charge in [0.1, 0.15) is 65.9 Å². The first-order chi connectivity index (χ1) is 49.4. The van der Waals surface area contributed by atoms with Crippen LogP contribution in [0, 0.1) is 11.8 Å². The van der Waals surface area contributed by atoms with E-state index >= 15 is 0 Å². The molecule has 3 fully saturated rings. The average molecular weight is 1480 g/mol. The van der Waals surface area contributed by atoms with Crippen molar-refractivity contribution in [3.8, 4) is 0 Å². The SMILES string of the molecule is CC(=O)C[C@H]1[C@H](OCCCCC(=O)NCCCNCOCC(COCCC(=O)NCCCNC(=O)CCCCO[C@@H]2O[C@H](CO)[C@H](O)[C@H](O)[C@H]2CC(C)=O)(COCCC(=O)NCCCNC(=O)CCCCO[C@@H]2O[C@H](CO)[C@H](O)[C@H](O)[C@H]2NC(C)=O)NC(=O)CCCN=[N+]=[N-])O[C@H](CO)[C@H](O)[C@@H]1O. The summed E-state index contributed by atoms with van der Waals surface area (Å²) >= 11 is 0. The van der Waals surface area contributed by atoms with Crippen LogP contribution in [0.25, 0.3) is 10.4 Å². The quantitative estimate of drug-likeness (QED) is 0.00899. The third-order valence-electron chi connectivity index (χ3n) is 16.8. The van der Waals surface area contributed by atoms with Gasteiger partial charge in [0, 0.05) is 134 Å². The Morgan fingerprint density at radius 2 is 0.806 bits per heavy atom. The maximum absolute atomic E-state index is 13.5. The van der Waals surface area contributed by atoms with Crippen molar-refractivity contribution in [1.82, 2.24) is 42.5 Å². The van der Waals surface area contributed by atoms with Crippen molar-refractivity contribution in [2.75, 3.05) is 125 Å². The van der Waals surface area contributed by atoms with Gasteiger partial charge in [-0.3, -0.25) is 38.9 Å². The summed E-state index contributed by atoms with van der Waals surface area (Å²) in [6.45, 7) is 3.27. The summed E-state index contributed by atoms with van der Waals surface area (Å²) in [5, 5.41) is 117. The molecule has 0 aromatic heterocycles. The fourth-order valence-corrected chi connectivity index (χ4v) is 11.2. The molecule has 3 heterocycles. The second-order valence-corrected chi connectivity index (χ2v) is 25.8. The third kappa shape index (κ3) is 37.3. The molecule has 17 N–H and O–H groups in total. The zero-order valence-electron chi connectivity index (χ0n) is 59.5. The van der Waals surface area contributed by atoms with E-state index in [2.05, 4.69) is 52.6 Å². The predicted octanol–water partition coefficient (Wildman–Crippen LogP) is -4.37. The molecule has 0 aromatic carbocycles. The lowest BCUT2D eigenvalue weighted by molar-refractivity contribution is -0.285. The van der Waals surface area contributed by atoms with Crippen molar-refractivity contribution in [1.29, 1.82) is 0 Å². The lowest BCUT2D eigenvalue weighted by Crippen LogP contribution is -2.64. The van der Waals surface area contributed by atoms with Gasteiger partial charge >= 0.3 is 0 Å². The first-order valence-corrected chi connectivity index (χ1v) is 35.5. The molecule has 0 radical (unpaired) electrons. The number of carbonyl (C=O) groups excluding carboxylic acids is 9. The number of hydrogen-bond acceptors (Lipinski definition) is 29. The summed E-state index contributed by atoms with van der Waals surface area (Å²) in [6, 6.07) is -1.09. The largest absolute Gasteiger partial charge is 0.394 e. The monoisotopic (exact) mass is 1480 g/mol. The number of Topliss-reactive ketones (excluding diaryl/α,β-unsaturated/α-hetero) is 2. The fraction of sp³-hybridized carbons (Fsp3) is 0.862. The molecule has 3 aliphatic rings. The maximum atomic E-state index is 13.5. The Morgan fingerprint density at radius 1 is 0.437 bits per heavy atom. The van der Waals surface area contributed by atoms with E-state index in [-0.39, 0.29) is 191 Å². The molecule has 103 heavy (non-hydrogen) atoms. The Kier molecular flexibility index (Phi) is 47.1. The molecule has 38 nitrogen and oxygen atoms in total. The molecule has 3 aliphatic heterocycles. The van der Waals surface area contributed by atoms with Crippen LogP contribution in [-0.4, -0.2) is 309 Å². The molecule has 0 saturated carbocycles. The van der Waals surface area contributed by atoms with Crippen molar-refractivity contribution >= 4 is 52.9 Å². The number of aliphatic hydroxyl groups is 9. The van der Waals surface area contributed by atoms with Crippen molar-refractivity contribution in [3.05, 3.63) is 10.4 Å². The first kappa shape index (κ1) is 91.4. The number of nitrogens with one attached hydrogen (secondary N) is 8. The summed E-state index contributed by atoms with van der Waals surface area (Å²) in [5.41, 5.74) is 7.40. The van der Waals surface area contributed by atoms with E-state index in [1.165, 1.54) is 20.8 Å². The third-order valence-corrected chi connectivity index (χ3v) is 16.8. The minimum atomic E-state index is -1.45. The fourth-order valence-electron chi connectivity index (χ4n) is 11.2. The predicted molar refractivity (Wildman–Crippen MR) is 361 cm³/mol. The highest BCUT2D eigenvalue weighted by Crippen LogP contribution is 2.32. The van der Waals surface area contributed by atoms with E-state index in [0.29, 0.717) is 70.9 Å². The van der Waals surface area contributed by atoms with Crippen LogP contribution < -0.4 is 42.5 Å². The smallest absolute Gasteiger partial charge is 0.222 e. The Labute approximate surface area is 599 Å². The van der Waals surface area contributed by atoms with E-state index < -0.39 is 129 Å². The molecule has 0 bridgehead atoms. The zero-order chi connectivity index (χ0) is 76.0. The first-order valence-electron chi connectivity index (χ1n) is 35.5. The summed E-state index contributed by atoms with van der Waals surface area (Å²) in [7, 11) is 0. The van der Waals surface area contributed by atoms with Gasteiger partial charge in [0.25, 0.3) is 0 Å². The number of azide groups is 1. The number of ketones is 2. The number of carbonyl (C=O) groups is 9. The summed E-state index contributed by atoms with van der Waals surface area (Å²) in [5.74, 6) is -4.56. The lowest BCUT2D eigenvalue weighted by atomic mass is 9.87. The van der Waals surface area contributed by atoms with Crippen molar-refractivity contribution in [2.45, 2.75) is 222 Å². The molecule has 38 heteroatoms. The second-order valence-electron chi connectivity index (χ2n) is 25.8. The van der Waals surface area contributed by atoms with Gasteiger partial charge in [-0.2, -0.15) is 0 Å². The van der Waals surface area contributed by atoms with Crippen LogP contribution in [0.15, 0.2) is 5.11 Å². The molecular weight excluding hydrogens is 1370 g/mol. The summed E-state index contributed by atoms with van der Waals surface area (Å²) in [6.07, 6.45) is -10.9. The van der Waals surface area contributed by atoms with E-state index in [1.54, 1.807) is 0 Å². The van der Waals surface area contributed by atoms with Crippen molar-refractivity contribution < 1.29 is 132 Å². The van der Waals surface area contributed by atoms with Crippen LogP contribution in [0.5, 0.6) is 0 Å². The van der Waals surface area contributed by atoms with Gasteiger partial charge in [-0.05, 0) is 90.1 Å². The number of aliphatic hydroxyl groups excluding tert-OH is 9. The molecule has 7 amide bonds. The molecule has 0 aromatic rings. The highest BCUT2D eigenvalue weighted by molar-refractivity contribution is 5.79. The highest BCUT2D eigenvalue weighted by atomic mass is 16.7. The zero-order valence-corrected chi connectivity index (χ0v) is 59.5. The van der Waals surface area contributed by atoms with E-state index in [4.69, 9.17) is 48.2 Å². The van der Waals surface area contributed by atoms with E-state index in [0.717, 1.165) is 0 Å². The Hall–Kier alpha value is -5.82. The number of hydrogen-bond donors (Lipinski definition) is 17. The van der Waals surface area contributed by atoms with Crippen LogP contribution in [0.3, 0.4) is 0 Å². The Bertz CT molecular complexity index is 2450. The van der Waals surface area contributed by atoms with Gasteiger partial charge in [-0.25, -0.2) is 0 Å². The summed E-state index contributed by atoms with van der Waals surface area (Å²) in [4.78, 5) is 115. The van der Waals surface area contributed by atoms with Gasteiger partial charge in [0.05, 0.1) is 71.8 Å². The van der Waals surface area contributed by atoms with Gasteiger partial charge in [0.15, 0.2) is 18.9 Å². The van der Waals surface area contributed by atoms with Crippen LogP contribution in [0.1, 0.15) is 136 Å². The van der Waals surface area contributed by atoms with Crippen molar-refractivity contribution in [3.63, 3.8) is 0 Å². The number of nitrogens with zero attached hydrogens (tertiary/aromatic N) is 3. The van der Waals surface area contributed by atoms with E-state index in [9.17, 15) is 89.1 Å². The van der Waals surface area contributed by atoms with Crippen molar-refractivity contribution in [2.24, 2.45) is 17.0 Å². The molecule has 592 valence electrons. The van der Waals surface area contributed by atoms with Crippen LogP contribution in [0.2, 0.25) is 0 Å². The van der Waals surface area contributed by atoms with E-state index in [1.807, 2.05) is 0 Å². The van der Waals surface area contributed by atoms with Crippen LogP contribution in [-0.2, 0) is 85.8 Å². The number of amides is 7.